The van der Waals surface area contributed by atoms with Crippen LogP contribution in [0.4, 0.5) is 0 Å². The molecule has 0 aromatic carbocycles. The lowest BCUT2D eigenvalue weighted by Gasteiger charge is -2.26. The van der Waals surface area contributed by atoms with E-state index in [1.54, 1.807) is 7.11 Å². The summed E-state index contributed by atoms with van der Waals surface area (Å²) in [6, 6.07) is 0.657. The van der Waals surface area contributed by atoms with Crippen molar-refractivity contribution >= 4 is 0 Å². The van der Waals surface area contributed by atoms with Gasteiger partial charge in [-0.1, -0.05) is 26.7 Å². The Hall–Kier alpha value is -0.160. The van der Waals surface area contributed by atoms with Crippen LogP contribution in [0.25, 0.3) is 0 Å². The molecule has 0 spiro atoms. The summed E-state index contributed by atoms with van der Waals surface area (Å²) in [7, 11) is 1.74. The molecule has 1 heterocycles. The minimum Gasteiger partial charge on any atom is -0.383 e. The molecule has 1 aliphatic carbocycles. The first-order valence-electron chi connectivity index (χ1n) is 6.90. The Morgan fingerprint density at radius 2 is 1.71 bits per heavy atom. The van der Waals surface area contributed by atoms with Crippen molar-refractivity contribution < 1.29 is 9.57 Å². The molecule has 2 rings (SSSR count). The van der Waals surface area contributed by atoms with Crippen LogP contribution < -0.4 is 11.2 Å². The Bertz CT molecular complexity index is 146. The second-order valence-electron chi connectivity index (χ2n) is 4.38. The molecule has 1 saturated heterocycles. The lowest BCUT2D eigenvalue weighted by atomic mass is 10.1. The Labute approximate surface area is 106 Å². The van der Waals surface area contributed by atoms with E-state index in [1.807, 2.05) is 13.8 Å². The maximum Gasteiger partial charge on any atom is 0.0707 e. The van der Waals surface area contributed by atoms with Crippen molar-refractivity contribution in [2.24, 2.45) is 11.8 Å². The Balaban J connectivity index is 0.000000265. The van der Waals surface area contributed by atoms with E-state index < -0.39 is 0 Å². The summed E-state index contributed by atoms with van der Waals surface area (Å²) in [5.74, 6) is 5.67. The highest BCUT2D eigenvalue weighted by Gasteiger charge is 2.14. The van der Waals surface area contributed by atoms with Crippen LogP contribution in [0.15, 0.2) is 0 Å². The van der Waals surface area contributed by atoms with Crippen LogP contribution in [0.5, 0.6) is 0 Å². The summed E-state index contributed by atoms with van der Waals surface area (Å²) in [6.07, 6.45) is 6.66. The Morgan fingerprint density at radius 1 is 1.12 bits per heavy atom. The van der Waals surface area contributed by atoms with Gasteiger partial charge in [0.05, 0.1) is 13.2 Å². The van der Waals surface area contributed by atoms with Crippen molar-refractivity contribution in [3.63, 3.8) is 0 Å². The minimum atomic E-state index is 0.657. The average Bonchev–Trinajstić information content (AvgIpc) is 2.81. The molecule has 1 aliphatic heterocycles. The van der Waals surface area contributed by atoms with E-state index in [9.17, 15) is 0 Å². The van der Waals surface area contributed by atoms with Gasteiger partial charge >= 0.3 is 0 Å². The minimum absolute atomic E-state index is 0.657. The number of hydrogen-bond acceptors (Lipinski definition) is 4. The van der Waals surface area contributed by atoms with Gasteiger partial charge < -0.3 is 14.9 Å². The maximum atomic E-state index is 4.91. The van der Waals surface area contributed by atoms with E-state index in [2.05, 4.69) is 10.2 Å². The smallest absolute Gasteiger partial charge is 0.0707 e. The molecule has 4 nitrogen and oxygen atoms in total. The van der Waals surface area contributed by atoms with E-state index in [1.165, 1.54) is 38.6 Å². The molecule has 2 aliphatic rings. The summed E-state index contributed by atoms with van der Waals surface area (Å²) >= 11 is 0. The number of rotatable bonds is 4. The van der Waals surface area contributed by atoms with Crippen LogP contribution in [0.1, 0.15) is 46.0 Å². The first-order valence-corrected chi connectivity index (χ1v) is 6.90. The summed E-state index contributed by atoms with van der Waals surface area (Å²) < 4.78 is 4.88. The summed E-state index contributed by atoms with van der Waals surface area (Å²) in [5, 5.41) is 3.22. The molecule has 0 bridgehead atoms. The average molecular weight is 246 g/mol. The molecule has 4 heteroatoms. The molecule has 0 amide bonds. The van der Waals surface area contributed by atoms with E-state index in [4.69, 9.17) is 10.6 Å². The number of nitrogens with one attached hydrogen (secondary N) is 1. The molecular weight excluding hydrogens is 216 g/mol. The fraction of sp³-hybridized carbons (Fsp3) is 1.00. The Kier molecular flexibility index (Phi) is 12.2. The third kappa shape index (κ3) is 8.55. The molecule has 104 valence electrons. The highest BCUT2D eigenvalue weighted by atomic mass is 16.6. The molecule has 0 aromatic heterocycles. The molecule has 1 saturated carbocycles. The normalized spacial score (nSPS) is 22.9. The maximum absolute atomic E-state index is 4.91. The van der Waals surface area contributed by atoms with Gasteiger partial charge in [0.15, 0.2) is 0 Å². The predicted molar refractivity (Wildman–Crippen MR) is 71.7 cm³/mol. The first kappa shape index (κ1) is 16.8. The number of methoxy groups -OCH3 is 1. The van der Waals surface area contributed by atoms with E-state index in [0.717, 1.165) is 19.1 Å². The van der Waals surface area contributed by atoms with Crippen molar-refractivity contribution in [2.75, 3.05) is 26.9 Å². The standard InChI is InChI=1S/C6H13NO.C5H11NO.C2H6/c7-8-5-6-3-1-2-4-6;1-7-4-5-2-3-6-5;1-2/h6H,1-5,7H2;5-6H,2-4H2,1H3;1-2H3. The van der Waals surface area contributed by atoms with Crippen molar-refractivity contribution in [3.05, 3.63) is 0 Å². The van der Waals surface area contributed by atoms with Gasteiger partial charge in [0.1, 0.15) is 0 Å². The zero-order valence-corrected chi connectivity index (χ0v) is 11.7. The van der Waals surface area contributed by atoms with Crippen LogP contribution in [0.3, 0.4) is 0 Å². The van der Waals surface area contributed by atoms with E-state index in [-0.39, 0.29) is 0 Å². The molecule has 2 fully saturated rings. The van der Waals surface area contributed by atoms with Crippen molar-refractivity contribution in [2.45, 2.75) is 52.0 Å². The van der Waals surface area contributed by atoms with Crippen LogP contribution in [-0.4, -0.2) is 32.9 Å². The second-order valence-corrected chi connectivity index (χ2v) is 4.38. The van der Waals surface area contributed by atoms with Crippen LogP contribution in [0.2, 0.25) is 0 Å². The SMILES string of the molecule is CC.COCC1CCN1.NOCC1CCCC1. The van der Waals surface area contributed by atoms with Gasteiger partial charge in [-0.15, -0.1) is 0 Å². The van der Waals surface area contributed by atoms with Gasteiger partial charge in [-0.3, -0.25) is 0 Å². The Morgan fingerprint density at radius 3 is 2.00 bits per heavy atom. The lowest BCUT2D eigenvalue weighted by molar-refractivity contribution is 0.103. The summed E-state index contributed by atoms with van der Waals surface area (Å²) in [6.45, 7) is 6.81. The molecular formula is C13H30N2O2. The second kappa shape index (κ2) is 12.3. The van der Waals surface area contributed by atoms with Gasteiger partial charge in [0.2, 0.25) is 0 Å². The number of nitrogens with two attached hydrogens (primary N) is 1. The first-order chi connectivity index (χ1) is 8.36. The van der Waals surface area contributed by atoms with Crippen LogP contribution in [0, 0.1) is 5.92 Å². The molecule has 0 aromatic rings. The predicted octanol–water partition coefficient (Wildman–Crippen LogP) is 2.09. The molecule has 3 N–H and O–H groups in total. The lowest BCUT2D eigenvalue weighted by Crippen LogP contribution is -2.45. The molecule has 17 heavy (non-hydrogen) atoms. The van der Waals surface area contributed by atoms with Crippen molar-refractivity contribution in [1.29, 1.82) is 0 Å². The van der Waals surface area contributed by atoms with Crippen molar-refractivity contribution in [3.8, 4) is 0 Å². The zero-order valence-electron chi connectivity index (χ0n) is 11.7. The molecule has 1 atom stereocenters. The third-order valence-electron chi connectivity index (χ3n) is 3.10. The third-order valence-corrected chi connectivity index (χ3v) is 3.10. The largest absolute Gasteiger partial charge is 0.383 e. The van der Waals surface area contributed by atoms with Gasteiger partial charge in [-0.25, -0.2) is 5.90 Å². The van der Waals surface area contributed by atoms with Gasteiger partial charge in [0, 0.05) is 13.2 Å². The summed E-state index contributed by atoms with van der Waals surface area (Å²) in [4.78, 5) is 4.53. The van der Waals surface area contributed by atoms with Gasteiger partial charge in [-0.2, -0.15) is 0 Å². The fourth-order valence-electron chi connectivity index (χ4n) is 2.01. The zero-order chi connectivity index (χ0) is 12.9. The number of ether oxygens (including phenoxy) is 1. The van der Waals surface area contributed by atoms with E-state index >= 15 is 0 Å². The quantitative estimate of drug-likeness (QED) is 0.746. The molecule has 0 radical (unpaired) electrons. The summed E-state index contributed by atoms with van der Waals surface area (Å²) in [5.41, 5.74) is 0. The van der Waals surface area contributed by atoms with Crippen LogP contribution in [-0.2, 0) is 9.57 Å². The van der Waals surface area contributed by atoms with Gasteiger partial charge in [0.25, 0.3) is 0 Å². The monoisotopic (exact) mass is 246 g/mol. The topological polar surface area (TPSA) is 56.5 Å². The van der Waals surface area contributed by atoms with E-state index in [0.29, 0.717) is 6.04 Å². The highest BCUT2D eigenvalue weighted by Crippen LogP contribution is 2.23. The van der Waals surface area contributed by atoms with Crippen molar-refractivity contribution in [1.82, 2.24) is 5.32 Å². The fourth-order valence-corrected chi connectivity index (χ4v) is 2.01. The number of hydrogen-bond donors (Lipinski definition) is 2. The van der Waals surface area contributed by atoms with Gasteiger partial charge in [-0.05, 0) is 31.7 Å². The highest BCUT2D eigenvalue weighted by molar-refractivity contribution is 4.75. The molecule has 1 unspecified atom stereocenters. The van der Waals surface area contributed by atoms with Crippen LogP contribution >= 0.6 is 0 Å².